The zero-order chi connectivity index (χ0) is 21.3. The van der Waals surface area contributed by atoms with Crippen LogP contribution in [0.1, 0.15) is 30.2 Å². The van der Waals surface area contributed by atoms with Gasteiger partial charge in [-0.3, -0.25) is 4.79 Å². The molecule has 158 valence electrons. The zero-order valence-electron chi connectivity index (χ0n) is 17.2. The van der Waals surface area contributed by atoms with Crippen LogP contribution < -0.4 is 14.2 Å². The minimum Gasteiger partial charge on any atom is -0.493 e. The summed E-state index contributed by atoms with van der Waals surface area (Å²) in [5.41, 5.74) is 0.434. The number of furan rings is 1. The maximum Gasteiger partial charge on any atom is 0.309 e. The van der Waals surface area contributed by atoms with E-state index >= 15 is 0 Å². The van der Waals surface area contributed by atoms with Crippen molar-refractivity contribution < 1.29 is 33.3 Å². The van der Waals surface area contributed by atoms with Gasteiger partial charge in [-0.1, -0.05) is 18.2 Å². The molecule has 4 rings (SSSR count). The lowest BCUT2D eigenvalue weighted by Crippen LogP contribution is -2.32. The Labute approximate surface area is 174 Å². The highest BCUT2D eigenvalue weighted by atomic mass is 16.7. The van der Waals surface area contributed by atoms with Gasteiger partial charge in [-0.25, -0.2) is 0 Å². The Bertz CT molecular complexity index is 1080. The minimum absolute atomic E-state index is 0.130. The van der Waals surface area contributed by atoms with Crippen molar-refractivity contribution in [2.45, 2.75) is 32.3 Å². The summed E-state index contributed by atoms with van der Waals surface area (Å²) in [6.45, 7) is 3.97. The lowest BCUT2D eigenvalue weighted by Gasteiger charge is -2.26. The quantitative estimate of drug-likeness (QED) is 0.590. The molecule has 3 aromatic rings. The molecule has 30 heavy (non-hydrogen) atoms. The molecule has 1 aromatic heterocycles. The highest BCUT2D eigenvalue weighted by molar-refractivity contribution is 5.87. The van der Waals surface area contributed by atoms with Gasteiger partial charge in [0.15, 0.2) is 22.8 Å². The van der Waals surface area contributed by atoms with E-state index in [0.717, 1.165) is 16.5 Å². The summed E-state index contributed by atoms with van der Waals surface area (Å²) in [5.74, 6) is 1.62. The number of ether oxygens (including phenoxy) is 4. The molecule has 0 saturated carbocycles. The zero-order valence-corrected chi connectivity index (χ0v) is 17.2. The van der Waals surface area contributed by atoms with E-state index in [1.54, 1.807) is 32.2 Å². The van der Waals surface area contributed by atoms with Gasteiger partial charge in [0.1, 0.15) is 11.4 Å². The predicted octanol–water partition coefficient (Wildman–Crippen LogP) is 3.86. The van der Waals surface area contributed by atoms with Crippen LogP contribution in [0.3, 0.4) is 0 Å². The molecule has 7 nitrogen and oxygen atoms in total. The van der Waals surface area contributed by atoms with Crippen LogP contribution >= 0.6 is 0 Å². The van der Waals surface area contributed by atoms with Crippen molar-refractivity contribution >= 4 is 16.9 Å². The molecule has 1 aliphatic rings. The van der Waals surface area contributed by atoms with Gasteiger partial charge in [0.2, 0.25) is 6.79 Å². The van der Waals surface area contributed by atoms with Crippen molar-refractivity contribution in [2.24, 2.45) is 0 Å². The van der Waals surface area contributed by atoms with Crippen LogP contribution in [0.5, 0.6) is 17.2 Å². The van der Waals surface area contributed by atoms with E-state index in [9.17, 15) is 9.90 Å². The van der Waals surface area contributed by atoms with Gasteiger partial charge >= 0.3 is 5.97 Å². The fourth-order valence-corrected chi connectivity index (χ4v) is 3.88. The fraction of sp³-hybridized carbons (Fsp3) is 0.348. The van der Waals surface area contributed by atoms with Crippen LogP contribution in [-0.2, 0) is 21.6 Å². The summed E-state index contributed by atoms with van der Waals surface area (Å²) < 4.78 is 27.4. The van der Waals surface area contributed by atoms with Crippen LogP contribution in [0.25, 0.3) is 11.0 Å². The van der Waals surface area contributed by atoms with E-state index in [4.69, 9.17) is 23.4 Å². The molecule has 7 heteroatoms. The number of aliphatic hydroxyl groups is 1. The third kappa shape index (κ3) is 3.57. The second-order valence-corrected chi connectivity index (χ2v) is 7.27. The summed E-state index contributed by atoms with van der Waals surface area (Å²) in [5, 5.41) is 12.5. The van der Waals surface area contributed by atoms with E-state index in [1.165, 1.54) is 0 Å². The van der Waals surface area contributed by atoms with E-state index < -0.39 is 11.6 Å². The fourth-order valence-electron chi connectivity index (χ4n) is 3.88. The lowest BCUT2D eigenvalue weighted by molar-refractivity contribution is -0.149. The number of fused-ring (bicyclic) bond motifs is 2. The van der Waals surface area contributed by atoms with Crippen molar-refractivity contribution in [3.05, 3.63) is 53.3 Å². The number of benzene rings is 2. The normalized spacial score (nSPS) is 14.5. The summed E-state index contributed by atoms with van der Waals surface area (Å²) in [4.78, 5) is 12.4. The molecule has 0 radical (unpaired) electrons. The van der Waals surface area contributed by atoms with Crippen LogP contribution in [0.4, 0.5) is 0 Å². The first-order chi connectivity index (χ1) is 14.4. The van der Waals surface area contributed by atoms with Crippen molar-refractivity contribution in [3.8, 4) is 17.2 Å². The molecular weight excluding hydrogens is 388 g/mol. The Morgan fingerprint density at radius 2 is 2.00 bits per heavy atom. The number of para-hydroxylation sites is 1. The monoisotopic (exact) mass is 412 g/mol. The first-order valence-corrected chi connectivity index (χ1v) is 9.78. The first kappa shape index (κ1) is 20.1. The Morgan fingerprint density at radius 3 is 2.77 bits per heavy atom. The van der Waals surface area contributed by atoms with Gasteiger partial charge in [-0.15, -0.1) is 0 Å². The molecule has 1 atom stereocenters. The van der Waals surface area contributed by atoms with Crippen molar-refractivity contribution in [3.63, 3.8) is 0 Å². The molecule has 0 fully saturated rings. The average molecular weight is 412 g/mol. The molecule has 2 heterocycles. The second kappa shape index (κ2) is 7.91. The van der Waals surface area contributed by atoms with E-state index in [0.29, 0.717) is 28.6 Å². The molecule has 2 aromatic carbocycles. The maximum atomic E-state index is 12.4. The number of carbonyl (C=O) groups is 1. The summed E-state index contributed by atoms with van der Waals surface area (Å²) >= 11 is 0. The van der Waals surface area contributed by atoms with Gasteiger partial charge in [0.25, 0.3) is 0 Å². The number of aryl methyl sites for hydroxylation is 1. The summed E-state index contributed by atoms with van der Waals surface area (Å²) in [7, 11) is 1.56. The van der Waals surface area contributed by atoms with Gasteiger partial charge in [-0.2, -0.15) is 0 Å². The Kier molecular flexibility index (Phi) is 5.30. The molecule has 1 N–H and O–H groups in total. The number of esters is 1. The van der Waals surface area contributed by atoms with Crippen molar-refractivity contribution in [1.82, 2.24) is 0 Å². The molecule has 1 aliphatic heterocycles. The van der Waals surface area contributed by atoms with Crippen LogP contribution in [0.2, 0.25) is 0 Å². The second-order valence-electron chi connectivity index (χ2n) is 7.27. The lowest BCUT2D eigenvalue weighted by atomic mass is 9.86. The molecule has 0 saturated heterocycles. The van der Waals surface area contributed by atoms with Crippen molar-refractivity contribution in [1.29, 1.82) is 0 Å². The van der Waals surface area contributed by atoms with Gasteiger partial charge in [0.05, 0.1) is 20.1 Å². The van der Waals surface area contributed by atoms with E-state index in [2.05, 4.69) is 0 Å². The Balaban J connectivity index is 1.78. The first-order valence-electron chi connectivity index (χ1n) is 9.78. The molecule has 0 spiro atoms. The van der Waals surface area contributed by atoms with Crippen molar-refractivity contribution in [2.75, 3.05) is 20.5 Å². The Hall–Kier alpha value is -3.19. The number of carbonyl (C=O) groups excluding carboxylic acids is 1. The van der Waals surface area contributed by atoms with Gasteiger partial charge in [0, 0.05) is 17.4 Å². The van der Waals surface area contributed by atoms with Crippen LogP contribution in [-0.4, -0.2) is 31.6 Å². The molecule has 1 unspecified atom stereocenters. The van der Waals surface area contributed by atoms with Gasteiger partial charge < -0.3 is 28.5 Å². The number of rotatable bonds is 7. The summed E-state index contributed by atoms with van der Waals surface area (Å²) in [6.07, 6.45) is -0.121. The average Bonchev–Trinajstić information content (AvgIpc) is 3.32. The highest BCUT2D eigenvalue weighted by Crippen LogP contribution is 2.41. The minimum atomic E-state index is -1.62. The smallest absolute Gasteiger partial charge is 0.309 e. The molecule has 0 aliphatic carbocycles. The largest absolute Gasteiger partial charge is 0.493 e. The Morgan fingerprint density at radius 1 is 1.20 bits per heavy atom. The number of methoxy groups -OCH3 is 1. The molecule has 0 bridgehead atoms. The van der Waals surface area contributed by atoms with E-state index in [-0.39, 0.29) is 26.2 Å². The number of hydrogen-bond donors (Lipinski definition) is 1. The topological polar surface area (TPSA) is 87.4 Å². The molecular formula is C23H24O7. The standard InChI is InChI=1S/C23H24O7/c1-4-27-20(24)12-23(25,11-15-8-9-17-19(10-15)29-13-28-17)22-14(2)16-6-5-7-18(26-3)21(16)30-22/h5-10,25H,4,11-13H2,1-3H3. The molecule has 0 amide bonds. The highest BCUT2D eigenvalue weighted by Gasteiger charge is 2.39. The third-order valence-electron chi connectivity index (χ3n) is 5.25. The van der Waals surface area contributed by atoms with Gasteiger partial charge in [-0.05, 0) is 37.6 Å². The summed E-state index contributed by atoms with van der Waals surface area (Å²) in [6, 6.07) is 11.0. The SMILES string of the molecule is CCOC(=O)CC(O)(Cc1ccc2c(c1)OCO2)c1oc2c(OC)cccc2c1C. The van der Waals surface area contributed by atoms with E-state index in [1.807, 2.05) is 25.1 Å². The maximum absolute atomic E-state index is 12.4. The van der Waals surface area contributed by atoms with Crippen LogP contribution in [0, 0.1) is 6.92 Å². The predicted molar refractivity (Wildman–Crippen MR) is 109 cm³/mol. The third-order valence-corrected chi connectivity index (χ3v) is 5.25. The van der Waals surface area contributed by atoms with Crippen LogP contribution in [0.15, 0.2) is 40.8 Å². The number of hydrogen-bond acceptors (Lipinski definition) is 7.